The second-order valence-electron chi connectivity index (χ2n) is 9.20. The number of anilines is 1. The van der Waals surface area contributed by atoms with E-state index in [0.717, 1.165) is 36.4 Å². The Morgan fingerprint density at radius 1 is 0.946 bits per heavy atom. The van der Waals surface area contributed by atoms with Gasteiger partial charge in [0, 0.05) is 38.2 Å². The van der Waals surface area contributed by atoms with E-state index in [0.29, 0.717) is 11.3 Å². The third-order valence-corrected chi connectivity index (χ3v) is 8.30. The van der Waals surface area contributed by atoms with Gasteiger partial charge in [-0.15, -0.1) is 0 Å². The van der Waals surface area contributed by atoms with Crippen LogP contribution in [0.2, 0.25) is 0 Å². The maximum Gasteiger partial charge on any atom is 0.279 e. The first kappa shape index (κ1) is 26.4. The number of rotatable bonds is 8. The Balaban J connectivity index is 1.80. The number of carbonyl (C=O) groups is 2. The molecule has 0 bridgehead atoms. The number of sulfonamides is 1. The summed E-state index contributed by atoms with van der Waals surface area (Å²) in [6, 6.07) is 14.0. The smallest absolute Gasteiger partial charge is 0.279 e. The van der Waals surface area contributed by atoms with E-state index in [-0.39, 0.29) is 22.5 Å². The molecule has 0 aliphatic heterocycles. The molecule has 2 aromatic carbocycles. The lowest BCUT2D eigenvalue weighted by molar-refractivity contribution is -0.123. The minimum atomic E-state index is -3.67. The van der Waals surface area contributed by atoms with Crippen molar-refractivity contribution in [3.05, 3.63) is 84.4 Å². The van der Waals surface area contributed by atoms with Crippen molar-refractivity contribution in [2.24, 2.45) is 0 Å². The van der Waals surface area contributed by atoms with Crippen molar-refractivity contribution < 1.29 is 18.0 Å². The fourth-order valence-corrected chi connectivity index (χ4v) is 5.39. The molecule has 0 radical (unpaired) electrons. The summed E-state index contributed by atoms with van der Waals surface area (Å²) in [4.78, 5) is 37.3. The molecule has 37 heavy (non-hydrogen) atoms. The molecule has 4 rings (SSSR count). The molecule has 1 aliphatic rings. The third-order valence-electron chi connectivity index (χ3n) is 6.47. The first-order chi connectivity index (χ1) is 17.8. The van der Waals surface area contributed by atoms with Crippen molar-refractivity contribution in [1.82, 2.24) is 19.6 Å². The van der Waals surface area contributed by atoms with Gasteiger partial charge in [-0.25, -0.2) is 17.7 Å². The predicted octanol–water partition coefficient (Wildman–Crippen LogP) is 3.56. The van der Waals surface area contributed by atoms with Crippen LogP contribution in [0.1, 0.15) is 54.2 Å². The monoisotopic (exact) mass is 521 g/mol. The van der Waals surface area contributed by atoms with Gasteiger partial charge in [0.1, 0.15) is 11.7 Å². The molecule has 9 nitrogen and oxygen atoms in total. The van der Waals surface area contributed by atoms with Crippen LogP contribution in [-0.4, -0.2) is 54.6 Å². The lowest BCUT2D eigenvalue weighted by atomic mass is 9.94. The van der Waals surface area contributed by atoms with E-state index in [1.54, 1.807) is 12.1 Å². The van der Waals surface area contributed by atoms with E-state index in [4.69, 9.17) is 0 Å². The summed E-state index contributed by atoms with van der Waals surface area (Å²) >= 11 is 0. The van der Waals surface area contributed by atoms with Crippen LogP contribution in [0.15, 0.2) is 78.1 Å². The molecule has 3 aromatic rings. The second kappa shape index (κ2) is 11.6. The average molecular weight is 522 g/mol. The molecule has 1 aromatic heterocycles. The quantitative estimate of drug-likeness (QED) is 0.485. The van der Waals surface area contributed by atoms with Gasteiger partial charge in [0.2, 0.25) is 15.9 Å². The first-order valence-electron chi connectivity index (χ1n) is 12.3. The highest BCUT2D eigenvalue weighted by Crippen LogP contribution is 2.31. The van der Waals surface area contributed by atoms with Crippen LogP contribution in [0.5, 0.6) is 0 Å². The van der Waals surface area contributed by atoms with Gasteiger partial charge in [-0.3, -0.25) is 19.5 Å². The molecule has 0 unspecified atom stereocenters. The van der Waals surface area contributed by atoms with Crippen molar-refractivity contribution in [3.63, 3.8) is 0 Å². The molecule has 1 saturated carbocycles. The number of benzene rings is 2. The molecule has 1 fully saturated rings. The average Bonchev–Trinajstić information content (AvgIpc) is 2.92. The topological polar surface area (TPSA) is 113 Å². The molecule has 1 heterocycles. The highest BCUT2D eigenvalue weighted by molar-refractivity contribution is 7.89. The maximum absolute atomic E-state index is 13.9. The standard InChI is InChI=1S/C27H31N5O4S/c1-31(2)37(35,36)23-15-13-22(14-16-23)32(27(34)24-19-28-17-18-29-24)25(20-9-5-3-6-10-20)26(33)30-21-11-7-4-8-12-21/h3,5-6,9-10,13-19,21,25H,4,7-8,11-12H2,1-2H3,(H,30,33)/t25-/m0/s1. The van der Waals surface area contributed by atoms with Gasteiger partial charge in [0.25, 0.3) is 5.91 Å². The summed E-state index contributed by atoms with van der Waals surface area (Å²) in [5.74, 6) is -0.829. The third kappa shape index (κ3) is 6.03. The van der Waals surface area contributed by atoms with Crippen molar-refractivity contribution in [3.8, 4) is 0 Å². The first-order valence-corrected chi connectivity index (χ1v) is 13.7. The molecule has 1 N–H and O–H groups in total. The summed E-state index contributed by atoms with van der Waals surface area (Å²) in [5, 5.41) is 3.15. The normalized spacial score (nSPS) is 15.2. The molecule has 0 saturated heterocycles. The van der Waals surface area contributed by atoms with Crippen molar-refractivity contribution >= 4 is 27.5 Å². The lowest BCUT2D eigenvalue weighted by Gasteiger charge is -2.33. The van der Waals surface area contributed by atoms with E-state index in [1.807, 2.05) is 18.2 Å². The summed E-state index contributed by atoms with van der Waals surface area (Å²) in [7, 11) is -0.766. The van der Waals surface area contributed by atoms with Crippen molar-refractivity contribution in [1.29, 1.82) is 0 Å². The predicted molar refractivity (Wildman–Crippen MR) is 140 cm³/mol. The van der Waals surface area contributed by atoms with Crippen molar-refractivity contribution in [2.45, 2.75) is 49.1 Å². The van der Waals surface area contributed by atoms with E-state index >= 15 is 0 Å². The highest BCUT2D eigenvalue weighted by atomic mass is 32.2. The summed E-state index contributed by atoms with van der Waals surface area (Å²) < 4.78 is 26.4. The number of hydrogen-bond acceptors (Lipinski definition) is 6. The number of nitrogens with one attached hydrogen (secondary N) is 1. The molecule has 10 heteroatoms. The second-order valence-corrected chi connectivity index (χ2v) is 11.4. The lowest BCUT2D eigenvalue weighted by Crippen LogP contribution is -2.47. The highest BCUT2D eigenvalue weighted by Gasteiger charge is 2.35. The minimum absolute atomic E-state index is 0.0357. The van der Waals surface area contributed by atoms with Gasteiger partial charge >= 0.3 is 0 Å². The Bertz CT molecular complexity index is 1310. The number of aromatic nitrogens is 2. The van der Waals surface area contributed by atoms with E-state index < -0.39 is 22.0 Å². The van der Waals surface area contributed by atoms with Crippen LogP contribution in [0.3, 0.4) is 0 Å². The number of hydrogen-bond donors (Lipinski definition) is 1. The van der Waals surface area contributed by atoms with Gasteiger partial charge in [-0.1, -0.05) is 49.6 Å². The fourth-order valence-electron chi connectivity index (χ4n) is 4.49. The van der Waals surface area contributed by atoms with Gasteiger partial charge in [-0.05, 0) is 42.7 Å². The largest absolute Gasteiger partial charge is 0.351 e. The SMILES string of the molecule is CN(C)S(=O)(=O)c1ccc(N(C(=O)c2cnccn2)[C@H](C(=O)NC2CCCCC2)c2ccccc2)cc1. The minimum Gasteiger partial charge on any atom is -0.351 e. The Kier molecular flexibility index (Phi) is 8.30. The number of nitrogens with zero attached hydrogens (tertiary/aromatic N) is 4. The zero-order valence-electron chi connectivity index (χ0n) is 20.9. The van der Waals surface area contributed by atoms with Crippen LogP contribution in [-0.2, 0) is 14.8 Å². The molecule has 1 atom stereocenters. The Morgan fingerprint density at radius 2 is 1.62 bits per heavy atom. The van der Waals surface area contributed by atoms with Crippen LogP contribution in [0.25, 0.3) is 0 Å². The number of carbonyl (C=O) groups excluding carboxylic acids is 2. The molecule has 0 spiro atoms. The molecule has 194 valence electrons. The summed E-state index contributed by atoms with van der Waals surface area (Å²) in [6.07, 6.45) is 9.25. The van der Waals surface area contributed by atoms with E-state index in [2.05, 4.69) is 15.3 Å². The van der Waals surface area contributed by atoms with E-state index in [9.17, 15) is 18.0 Å². The molecular weight excluding hydrogens is 490 g/mol. The molecule has 2 amide bonds. The maximum atomic E-state index is 13.9. The van der Waals surface area contributed by atoms with Gasteiger partial charge < -0.3 is 5.32 Å². The fraction of sp³-hybridized carbons (Fsp3) is 0.333. The van der Waals surface area contributed by atoms with Gasteiger partial charge in [0.15, 0.2) is 0 Å². The Morgan fingerprint density at radius 3 is 2.22 bits per heavy atom. The van der Waals surface area contributed by atoms with E-state index in [1.165, 1.54) is 61.9 Å². The van der Waals surface area contributed by atoms with Crippen LogP contribution < -0.4 is 10.2 Å². The summed E-state index contributed by atoms with van der Waals surface area (Å²) in [6.45, 7) is 0. The zero-order chi connectivity index (χ0) is 26.4. The van der Waals surface area contributed by atoms with Gasteiger partial charge in [-0.2, -0.15) is 0 Å². The molecular formula is C27H31N5O4S. The Labute approximate surface area is 217 Å². The Hall–Kier alpha value is -3.63. The van der Waals surface area contributed by atoms with Crippen molar-refractivity contribution in [2.75, 3.05) is 19.0 Å². The van der Waals surface area contributed by atoms with Crippen LogP contribution >= 0.6 is 0 Å². The van der Waals surface area contributed by atoms with Crippen LogP contribution in [0, 0.1) is 0 Å². The molecule has 1 aliphatic carbocycles. The summed E-state index contributed by atoms with van der Waals surface area (Å²) in [5.41, 5.74) is 1.05. The van der Waals surface area contributed by atoms with Gasteiger partial charge in [0.05, 0.1) is 11.1 Å². The number of amides is 2. The zero-order valence-corrected chi connectivity index (χ0v) is 21.8. The van der Waals surface area contributed by atoms with Crippen LogP contribution in [0.4, 0.5) is 5.69 Å².